The summed E-state index contributed by atoms with van der Waals surface area (Å²) in [5.74, 6) is 0. The molecule has 1 unspecified atom stereocenters. The third-order valence-corrected chi connectivity index (χ3v) is 7.26. The van der Waals surface area contributed by atoms with Crippen LogP contribution in [-0.4, -0.2) is 8.42 Å². The third-order valence-electron chi connectivity index (χ3n) is 3.75. The van der Waals surface area contributed by atoms with Crippen molar-refractivity contribution in [3.8, 4) is 10.4 Å². The van der Waals surface area contributed by atoms with E-state index in [1.54, 1.807) is 37.3 Å². The quantitative estimate of drug-likeness (QED) is 0.618. The lowest BCUT2D eigenvalue weighted by atomic mass is 10.1. The Bertz CT molecular complexity index is 982. The SMILES string of the molecule is CC(NS(=O)(=O)c1ccc(-c2ccc(N)cc2)s1)c1ccccc1Cl. The second-order valence-electron chi connectivity index (χ2n) is 5.61. The van der Waals surface area contributed by atoms with Crippen molar-refractivity contribution in [2.24, 2.45) is 0 Å². The minimum absolute atomic E-state index is 0.262. The van der Waals surface area contributed by atoms with Crippen molar-refractivity contribution in [2.75, 3.05) is 5.73 Å². The Morgan fingerprint density at radius 3 is 2.40 bits per heavy atom. The average Bonchev–Trinajstić information content (AvgIpc) is 3.06. The van der Waals surface area contributed by atoms with E-state index in [1.165, 1.54) is 11.3 Å². The van der Waals surface area contributed by atoms with E-state index in [0.29, 0.717) is 10.7 Å². The number of rotatable bonds is 5. The largest absolute Gasteiger partial charge is 0.399 e. The highest BCUT2D eigenvalue weighted by Crippen LogP contribution is 2.32. The molecule has 0 aliphatic rings. The molecule has 0 fully saturated rings. The van der Waals surface area contributed by atoms with Gasteiger partial charge >= 0.3 is 0 Å². The van der Waals surface area contributed by atoms with Crippen molar-refractivity contribution < 1.29 is 8.42 Å². The highest BCUT2D eigenvalue weighted by Gasteiger charge is 2.21. The van der Waals surface area contributed by atoms with Crippen molar-refractivity contribution in [1.29, 1.82) is 0 Å². The van der Waals surface area contributed by atoms with Gasteiger partial charge in [-0.1, -0.05) is 41.9 Å². The van der Waals surface area contributed by atoms with Crippen LogP contribution < -0.4 is 10.5 Å². The summed E-state index contributed by atoms with van der Waals surface area (Å²) in [6.45, 7) is 1.77. The molecular weight excluding hydrogens is 376 g/mol. The summed E-state index contributed by atoms with van der Waals surface area (Å²) in [5.41, 5.74) is 8.03. The molecule has 0 aliphatic heterocycles. The predicted molar refractivity (Wildman–Crippen MR) is 104 cm³/mol. The molecule has 3 rings (SSSR count). The van der Waals surface area contributed by atoms with Crippen LogP contribution in [0.3, 0.4) is 0 Å². The fraction of sp³-hybridized carbons (Fsp3) is 0.111. The first-order valence-corrected chi connectivity index (χ1v) is 10.3. The fourth-order valence-corrected chi connectivity index (χ4v) is 5.30. The van der Waals surface area contributed by atoms with Gasteiger partial charge in [-0.25, -0.2) is 13.1 Å². The lowest BCUT2D eigenvalue weighted by Crippen LogP contribution is -2.26. The third kappa shape index (κ3) is 4.04. The summed E-state index contributed by atoms with van der Waals surface area (Å²) in [7, 11) is -3.63. The van der Waals surface area contributed by atoms with Gasteiger partial charge in [0.2, 0.25) is 0 Å². The Hall–Kier alpha value is -1.86. The summed E-state index contributed by atoms with van der Waals surface area (Å²) >= 11 is 7.36. The predicted octanol–water partition coefficient (Wildman–Crippen LogP) is 4.69. The molecule has 25 heavy (non-hydrogen) atoms. The van der Waals surface area contributed by atoms with E-state index in [9.17, 15) is 8.42 Å². The van der Waals surface area contributed by atoms with Crippen molar-refractivity contribution in [3.05, 3.63) is 71.2 Å². The van der Waals surface area contributed by atoms with E-state index in [-0.39, 0.29) is 4.21 Å². The van der Waals surface area contributed by atoms with Crippen LogP contribution in [0.4, 0.5) is 5.69 Å². The van der Waals surface area contributed by atoms with Crippen LogP contribution in [-0.2, 0) is 10.0 Å². The lowest BCUT2D eigenvalue weighted by molar-refractivity contribution is 0.569. The molecule has 1 atom stereocenters. The number of hydrogen-bond donors (Lipinski definition) is 2. The molecule has 0 bridgehead atoms. The van der Waals surface area contributed by atoms with E-state index in [4.69, 9.17) is 17.3 Å². The van der Waals surface area contributed by atoms with Gasteiger partial charge in [0.05, 0.1) is 0 Å². The van der Waals surface area contributed by atoms with Crippen molar-refractivity contribution in [3.63, 3.8) is 0 Å². The van der Waals surface area contributed by atoms with Crippen LogP contribution >= 0.6 is 22.9 Å². The Morgan fingerprint density at radius 2 is 1.72 bits per heavy atom. The number of nitrogens with two attached hydrogens (primary N) is 1. The molecule has 1 aromatic heterocycles. The first-order chi connectivity index (χ1) is 11.9. The zero-order valence-electron chi connectivity index (χ0n) is 13.4. The number of sulfonamides is 1. The molecule has 4 nitrogen and oxygen atoms in total. The van der Waals surface area contributed by atoms with Crippen molar-refractivity contribution >= 4 is 38.6 Å². The molecule has 2 aromatic carbocycles. The van der Waals surface area contributed by atoms with Gasteiger partial charge in [0, 0.05) is 21.6 Å². The first kappa shape index (κ1) is 17.9. The summed E-state index contributed by atoms with van der Waals surface area (Å²) in [6.07, 6.45) is 0. The topological polar surface area (TPSA) is 72.2 Å². The van der Waals surface area contributed by atoms with Crippen LogP contribution in [0.2, 0.25) is 5.02 Å². The maximum Gasteiger partial charge on any atom is 0.250 e. The molecule has 3 N–H and O–H groups in total. The number of benzene rings is 2. The van der Waals surface area contributed by atoms with Crippen LogP contribution in [0.15, 0.2) is 64.9 Å². The van der Waals surface area contributed by atoms with Crippen LogP contribution in [0.1, 0.15) is 18.5 Å². The Balaban J connectivity index is 1.83. The minimum Gasteiger partial charge on any atom is -0.399 e. The summed E-state index contributed by atoms with van der Waals surface area (Å²) < 4.78 is 28.3. The van der Waals surface area contributed by atoms with Crippen molar-refractivity contribution in [2.45, 2.75) is 17.2 Å². The smallest absolute Gasteiger partial charge is 0.250 e. The average molecular weight is 393 g/mol. The molecule has 0 saturated carbocycles. The number of thiophene rings is 1. The highest BCUT2D eigenvalue weighted by molar-refractivity contribution is 7.91. The normalized spacial score (nSPS) is 12.9. The number of nitrogen functional groups attached to an aromatic ring is 1. The van der Waals surface area contributed by atoms with Crippen LogP contribution in [0, 0.1) is 0 Å². The van der Waals surface area contributed by atoms with E-state index >= 15 is 0 Å². The van der Waals surface area contributed by atoms with Gasteiger partial charge in [0.1, 0.15) is 4.21 Å². The molecule has 3 aromatic rings. The standard InChI is InChI=1S/C18H17ClN2O2S2/c1-12(15-4-2-3-5-16(15)19)21-25(22,23)18-11-10-17(24-18)13-6-8-14(20)9-7-13/h2-12,21H,20H2,1H3. The summed E-state index contributed by atoms with van der Waals surface area (Å²) in [5, 5.41) is 0.534. The van der Waals surface area contributed by atoms with Gasteiger partial charge in [-0.2, -0.15) is 0 Å². The maximum absolute atomic E-state index is 12.7. The Morgan fingerprint density at radius 1 is 1.04 bits per heavy atom. The molecule has 1 heterocycles. The molecule has 0 radical (unpaired) electrons. The molecule has 0 aliphatic carbocycles. The molecule has 7 heteroatoms. The monoisotopic (exact) mass is 392 g/mol. The van der Waals surface area contributed by atoms with Gasteiger partial charge in [-0.15, -0.1) is 11.3 Å². The second kappa shape index (κ2) is 7.17. The molecular formula is C18H17ClN2O2S2. The first-order valence-electron chi connectivity index (χ1n) is 7.59. The van der Waals surface area contributed by atoms with E-state index < -0.39 is 16.1 Å². The van der Waals surface area contributed by atoms with E-state index in [2.05, 4.69) is 4.72 Å². The lowest BCUT2D eigenvalue weighted by Gasteiger charge is -2.15. The van der Waals surface area contributed by atoms with Crippen LogP contribution in [0.25, 0.3) is 10.4 Å². The second-order valence-corrected chi connectivity index (χ2v) is 9.04. The highest BCUT2D eigenvalue weighted by atomic mass is 35.5. The number of nitrogens with one attached hydrogen (secondary N) is 1. The number of anilines is 1. The summed E-state index contributed by atoms with van der Waals surface area (Å²) in [4.78, 5) is 0.866. The van der Waals surface area contributed by atoms with Crippen molar-refractivity contribution in [1.82, 2.24) is 4.72 Å². The fourth-order valence-electron chi connectivity index (χ4n) is 2.45. The van der Waals surface area contributed by atoms with Gasteiger partial charge in [-0.05, 0) is 48.4 Å². The van der Waals surface area contributed by atoms with Gasteiger partial charge in [-0.3, -0.25) is 0 Å². The Kier molecular flexibility index (Phi) is 5.15. The molecule has 0 amide bonds. The number of hydrogen-bond acceptors (Lipinski definition) is 4. The van der Waals surface area contributed by atoms with E-state index in [0.717, 1.165) is 16.0 Å². The van der Waals surface area contributed by atoms with E-state index in [1.807, 2.05) is 30.3 Å². The molecule has 0 saturated heterocycles. The zero-order chi connectivity index (χ0) is 18.0. The zero-order valence-corrected chi connectivity index (χ0v) is 15.8. The molecule has 130 valence electrons. The minimum atomic E-state index is -3.63. The maximum atomic E-state index is 12.7. The number of halogens is 1. The van der Waals surface area contributed by atoms with Gasteiger partial charge in [0.15, 0.2) is 0 Å². The van der Waals surface area contributed by atoms with Gasteiger partial charge < -0.3 is 5.73 Å². The summed E-state index contributed by atoms with van der Waals surface area (Å²) in [6, 6.07) is 17.5. The van der Waals surface area contributed by atoms with Crippen LogP contribution in [0.5, 0.6) is 0 Å². The Labute approximate surface area is 156 Å². The van der Waals surface area contributed by atoms with Gasteiger partial charge in [0.25, 0.3) is 10.0 Å². The molecule has 0 spiro atoms.